The first kappa shape index (κ1) is 15.1. The molecule has 0 aromatic heterocycles. The predicted octanol–water partition coefficient (Wildman–Crippen LogP) is 2.22. The van der Waals surface area contributed by atoms with Crippen LogP contribution in [-0.4, -0.2) is 44.7 Å². The van der Waals surface area contributed by atoms with Crippen LogP contribution < -0.4 is 10.1 Å². The Balaban J connectivity index is 2.13. The topological polar surface area (TPSA) is 24.5 Å². The van der Waals surface area contributed by atoms with E-state index in [2.05, 4.69) is 10.2 Å². The Kier molecular flexibility index (Phi) is 5.25. The lowest BCUT2D eigenvalue weighted by atomic mass is 10.0. The third-order valence-electron chi connectivity index (χ3n) is 3.51. The third kappa shape index (κ3) is 3.64. The highest BCUT2D eigenvalue weighted by molar-refractivity contribution is 5.43. The Morgan fingerprint density at radius 1 is 1.30 bits per heavy atom. The van der Waals surface area contributed by atoms with E-state index in [1.807, 2.05) is 0 Å². The molecular formula is C14H19F3N2O. The van der Waals surface area contributed by atoms with Gasteiger partial charge in [-0.15, -0.1) is 0 Å². The number of halogens is 3. The van der Waals surface area contributed by atoms with Crippen LogP contribution in [0.1, 0.15) is 17.6 Å². The summed E-state index contributed by atoms with van der Waals surface area (Å²) in [5.74, 6) is -0.534. The monoisotopic (exact) mass is 288 g/mol. The van der Waals surface area contributed by atoms with Gasteiger partial charge in [0.05, 0.1) is 12.7 Å². The molecule has 20 heavy (non-hydrogen) atoms. The molecule has 1 fully saturated rings. The van der Waals surface area contributed by atoms with Crippen molar-refractivity contribution in [3.05, 3.63) is 29.1 Å². The van der Waals surface area contributed by atoms with Gasteiger partial charge in [0, 0.05) is 32.7 Å². The van der Waals surface area contributed by atoms with Crippen molar-refractivity contribution in [1.29, 1.82) is 0 Å². The number of alkyl halides is 2. The molecule has 1 saturated heterocycles. The molecule has 1 aliphatic rings. The van der Waals surface area contributed by atoms with Gasteiger partial charge in [-0.1, -0.05) is 0 Å². The lowest BCUT2D eigenvalue weighted by molar-refractivity contribution is 0.146. The average molecular weight is 288 g/mol. The molecule has 3 nitrogen and oxygen atoms in total. The predicted molar refractivity (Wildman–Crippen MR) is 70.9 cm³/mol. The van der Waals surface area contributed by atoms with E-state index < -0.39 is 12.2 Å². The Morgan fingerprint density at radius 2 is 2.00 bits per heavy atom. The van der Waals surface area contributed by atoms with Gasteiger partial charge in [-0.3, -0.25) is 0 Å². The summed E-state index contributed by atoms with van der Waals surface area (Å²) < 4.78 is 44.3. The zero-order chi connectivity index (χ0) is 14.5. The van der Waals surface area contributed by atoms with Gasteiger partial charge in [0.25, 0.3) is 6.43 Å². The number of ether oxygens (including phenoxy) is 1. The van der Waals surface area contributed by atoms with E-state index in [0.717, 1.165) is 32.2 Å². The Labute approximate surface area is 116 Å². The fraction of sp³-hybridized carbons (Fsp3) is 0.571. The van der Waals surface area contributed by atoms with E-state index in [1.54, 1.807) is 0 Å². The van der Waals surface area contributed by atoms with Crippen LogP contribution in [0, 0.1) is 5.82 Å². The van der Waals surface area contributed by atoms with Crippen LogP contribution in [0.15, 0.2) is 12.1 Å². The Bertz CT molecular complexity index is 448. The molecule has 1 aliphatic heterocycles. The Hall–Kier alpha value is -1.27. The second kappa shape index (κ2) is 6.95. The van der Waals surface area contributed by atoms with Gasteiger partial charge in [-0.05, 0) is 24.1 Å². The van der Waals surface area contributed by atoms with Crippen LogP contribution in [-0.2, 0) is 6.42 Å². The third-order valence-corrected chi connectivity index (χ3v) is 3.51. The van der Waals surface area contributed by atoms with Crippen molar-refractivity contribution in [2.24, 2.45) is 0 Å². The molecule has 112 valence electrons. The number of rotatable bonds is 5. The van der Waals surface area contributed by atoms with Crippen molar-refractivity contribution in [2.45, 2.75) is 12.8 Å². The fourth-order valence-corrected chi connectivity index (χ4v) is 2.48. The highest BCUT2D eigenvalue weighted by Crippen LogP contribution is 2.33. The molecule has 1 N–H and O–H groups in total. The first-order valence-corrected chi connectivity index (χ1v) is 6.69. The molecule has 0 unspecified atom stereocenters. The van der Waals surface area contributed by atoms with Crippen molar-refractivity contribution < 1.29 is 17.9 Å². The highest BCUT2D eigenvalue weighted by Gasteiger charge is 2.20. The molecule has 0 bridgehead atoms. The smallest absolute Gasteiger partial charge is 0.267 e. The van der Waals surface area contributed by atoms with Gasteiger partial charge in [0.15, 0.2) is 0 Å². The van der Waals surface area contributed by atoms with Gasteiger partial charge in [0.1, 0.15) is 11.6 Å². The van der Waals surface area contributed by atoms with Gasteiger partial charge in [-0.2, -0.15) is 0 Å². The molecule has 0 radical (unpaired) electrons. The van der Waals surface area contributed by atoms with Crippen molar-refractivity contribution in [3.63, 3.8) is 0 Å². The molecule has 0 spiro atoms. The van der Waals surface area contributed by atoms with E-state index in [0.29, 0.717) is 18.5 Å². The van der Waals surface area contributed by atoms with Crippen molar-refractivity contribution in [1.82, 2.24) is 10.2 Å². The first-order valence-electron chi connectivity index (χ1n) is 6.69. The summed E-state index contributed by atoms with van der Waals surface area (Å²) in [7, 11) is 1.34. The van der Waals surface area contributed by atoms with Gasteiger partial charge in [0.2, 0.25) is 0 Å². The van der Waals surface area contributed by atoms with Gasteiger partial charge >= 0.3 is 0 Å². The summed E-state index contributed by atoms with van der Waals surface area (Å²) in [6, 6.07) is 2.13. The van der Waals surface area contributed by atoms with Crippen LogP contribution in [0.4, 0.5) is 13.2 Å². The minimum atomic E-state index is -2.74. The number of methoxy groups -OCH3 is 1. The summed E-state index contributed by atoms with van der Waals surface area (Å²) in [6.07, 6.45) is -2.24. The number of nitrogens with one attached hydrogen (secondary N) is 1. The number of hydrogen-bond acceptors (Lipinski definition) is 3. The molecule has 6 heteroatoms. The largest absolute Gasteiger partial charge is 0.496 e. The van der Waals surface area contributed by atoms with Crippen LogP contribution in [0.25, 0.3) is 0 Å². The maximum atomic E-state index is 13.5. The summed E-state index contributed by atoms with van der Waals surface area (Å²) in [4.78, 5) is 2.23. The lowest BCUT2D eigenvalue weighted by Crippen LogP contribution is -2.44. The molecule has 0 atom stereocenters. The molecule has 0 aliphatic carbocycles. The summed E-state index contributed by atoms with van der Waals surface area (Å²) in [5.41, 5.74) is 0.129. The number of piperazine rings is 1. The fourth-order valence-electron chi connectivity index (χ4n) is 2.48. The maximum Gasteiger partial charge on any atom is 0.267 e. The van der Waals surface area contributed by atoms with Gasteiger partial charge in [-0.25, -0.2) is 13.2 Å². The highest BCUT2D eigenvalue weighted by atomic mass is 19.3. The maximum absolute atomic E-state index is 13.5. The number of nitrogens with zero attached hydrogens (tertiary/aromatic N) is 1. The molecule has 1 aromatic rings. The minimum Gasteiger partial charge on any atom is -0.496 e. The zero-order valence-electron chi connectivity index (χ0n) is 11.5. The molecule has 1 heterocycles. The van der Waals surface area contributed by atoms with Crippen LogP contribution >= 0.6 is 0 Å². The molecular weight excluding hydrogens is 269 g/mol. The van der Waals surface area contributed by atoms with E-state index >= 15 is 0 Å². The summed E-state index contributed by atoms with van der Waals surface area (Å²) >= 11 is 0. The van der Waals surface area contributed by atoms with Crippen LogP contribution in [0.5, 0.6) is 5.75 Å². The summed E-state index contributed by atoms with van der Waals surface area (Å²) in [6.45, 7) is 4.38. The van der Waals surface area contributed by atoms with Crippen molar-refractivity contribution in [3.8, 4) is 5.75 Å². The lowest BCUT2D eigenvalue weighted by Gasteiger charge is -2.27. The van der Waals surface area contributed by atoms with E-state index in [4.69, 9.17) is 4.74 Å². The quantitative estimate of drug-likeness (QED) is 0.899. The minimum absolute atomic E-state index is 0.108. The number of hydrogen-bond donors (Lipinski definition) is 1. The van der Waals surface area contributed by atoms with Gasteiger partial charge < -0.3 is 15.0 Å². The van der Waals surface area contributed by atoms with E-state index in [9.17, 15) is 13.2 Å². The van der Waals surface area contributed by atoms with Crippen LogP contribution in [0.3, 0.4) is 0 Å². The average Bonchev–Trinajstić information content (AvgIpc) is 2.45. The molecule has 1 aromatic carbocycles. The van der Waals surface area contributed by atoms with Crippen molar-refractivity contribution >= 4 is 0 Å². The standard InChI is InChI=1S/C14H19F3N2O/c1-20-13-10(2-5-19-6-3-18-4-7-19)8-11(15)9-12(13)14(16)17/h8-9,14,18H,2-7H2,1H3. The molecule has 0 amide bonds. The Morgan fingerprint density at radius 3 is 2.60 bits per heavy atom. The van der Waals surface area contributed by atoms with E-state index in [1.165, 1.54) is 13.2 Å². The van der Waals surface area contributed by atoms with E-state index in [-0.39, 0.29) is 11.3 Å². The van der Waals surface area contributed by atoms with Crippen molar-refractivity contribution in [2.75, 3.05) is 39.8 Å². The first-order chi connectivity index (χ1) is 9.61. The number of benzene rings is 1. The second-order valence-corrected chi connectivity index (χ2v) is 4.83. The molecule has 0 saturated carbocycles. The SMILES string of the molecule is COc1c(CCN2CCNCC2)cc(F)cc1C(F)F. The zero-order valence-corrected chi connectivity index (χ0v) is 11.5. The second-order valence-electron chi connectivity index (χ2n) is 4.83. The molecule has 2 rings (SSSR count). The normalized spacial score (nSPS) is 16.6. The van der Waals surface area contributed by atoms with Crippen LogP contribution in [0.2, 0.25) is 0 Å². The summed E-state index contributed by atoms with van der Waals surface area (Å²) in [5, 5.41) is 3.24.